The van der Waals surface area contributed by atoms with Crippen molar-refractivity contribution in [1.82, 2.24) is 0 Å². The zero-order valence-electron chi connectivity index (χ0n) is 15.0. The van der Waals surface area contributed by atoms with Gasteiger partial charge in [0, 0.05) is 22.9 Å². The highest BCUT2D eigenvalue weighted by molar-refractivity contribution is 7.99. The highest BCUT2D eigenvalue weighted by Gasteiger charge is 2.19. The first-order valence-electron chi connectivity index (χ1n) is 9.57. The number of carbonyl (C=O) groups excluding carboxylic acids is 1. The summed E-state index contributed by atoms with van der Waals surface area (Å²) in [6.07, 6.45) is 7.20. The molecule has 1 aliphatic heterocycles. The SMILES string of the molecule is O=C(Nc1cccc2c1CCCC2)c1ccccc1SC[C@H]1CCCO1. The van der Waals surface area contributed by atoms with Crippen molar-refractivity contribution >= 4 is 23.4 Å². The van der Waals surface area contributed by atoms with Gasteiger partial charge in [-0.25, -0.2) is 0 Å². The maximum absolute atomic E-state index is 13.0. The first kappa shape index (κ1) is 17.6. The van der Waals surface area contributed by atoms with Gasteiger partial charge in [-0.1, -0.05) is 24.3 Å². The van der Waals surface area contributed by atoms with Crippen molar-refractivity contribution in [2.24, 2.45) is 0 Å². The van der Waals surface area contributed by atoms with Crippen LogP contribution in [0.15, 0.2) is 47.4 Å². The molecule has 4 heteroatoms. The van der Waals surface area contributed by atoms with E-state index in [4.69, 9.17) is 4.74 Å². The number of nitrogens with one attached hydrogen (secondary N) is 1. The summed E-state index contributed by atoms with van der Waals surface area (Å²) in [4.78, 5) is 14.0. The molecule has 1 heterocycles. The van der Waals surface area contributed by atoms with Gasteiger partial charge < -0.3 is 10.1 Å². The zero-order chi connectivity index (χ0) is 17.8. The molecule has 1 atom stereocenters. The molecule has 0 aromatic heterocycles. The maximum atomic E-state index is 13.0. The lowest BCUT2D eigenvalue weighted by Crippen LogP contribution is -2.16. The summed E-state index contributed by atoms with van der Waals surface area (Å²) < 4.78 is 5.71. The number of amides is 1. The Morgan fingerprint density at radius 2 is 1.96 bits per heavy atom. The van der Waals surface area contributed by atoms with E-state index < -0.39 is 0 Å². The summed E-state index contributed by atoms with van der Waals surface area (Å²) in [5.41, 5.74) is 4.43. The van der Waals surface area contributed by atoms with Crippen LogP contribution < -0.4 is 5.32 Å². The molecule has 2 aromatic rings. The van der Waals surface area contributed by atoms with Crippen LogP contribution in [0, 0.1) is 0 Å². The molecule has 1 aliphatic carbocycles. The summed E-state index contributed by atoms with van der Waals surface area (Å²) in [7, 11) is 0. The topological polar surface area (TPSA) is 38.3 Å². The Hall–Kier alpha value is -1.78. The largest absolute Gasteiger partial charge is 0.377 e. The molecule has 0 bridgehead atoms. The second-order valence-electron chi connectivity index (χ2n) is 7.05. The van der Waals surface area contributed by atoms with E-state index in [0.717, 1.165) is 54.2 Å². The number of carbonyl (C=O) groups is 1. The number of rotatable bonds is 5. The Morgan fingerprint density at radius 3 is 2.85 bits per heavy atom. The van der Waals surface area contributed by atoms with Crippen LogP contribution in [0.25, 0.3) is 0 Å². The van der Waals surface area contributed by atoms with Crippen LogP contribution >= 0.6 is 11.8 Å². The second-order valence-corrected chi connectivity index (χ2v) is 8.11. The average molecular weight is 368 g/mol. The summed E-state index contributed by atoms with van der Waals surface area (Å²) in [5, 5.41) is 3.17. The van der Waals surface area contributed by atoms with Crippen LogP contribution in [0.2, 0.25) is 0 Å². The summed E-state index contributed by atoms with van der Waals surface area (Å²) in [5.74, 6) is 0.893. The molecule has 0 saturated carbocycles. The van der Waals surface area contributed by atoms with Gasteiger partial charge in [-0.15, -0.1) is 11.8 Å². The highest BCUT2D eigenvalue weighted by atomic mass is 32.2. The van der Waals surface area contributed by atoms with Gasteiger partial charge >= 0.3 is 0 Å². The summed E-state index contributed by atoms with van der Waals surface area (Å²) >= 11 is 1.73. The normalized spacial score (nSPS) is 19.2. The van der Waals surface area contributed by atoms with Gasteiger partial charge in [-0.05, 0) is 67.9 Å². The van der Waals surface area contributed by atoms with Crippen molar-refractivity contribution in [1.29, 1.82) is 0 Å². The third-order valence-corrected chi connectivity index (χ3v) is 6.43. The van der Waals surface area contributed by atoms with Crippen LogP contribution in [0.3, 0.4) is 0 Å². The smallest absolute Gasteiger partial charge is 0.256 e. The molecule has 1 saturated heterocycles. The van der Waals surface area contributed by atoms with Gasteiger partial charge in [0.15, 0.2) is 0 Å². The fourth-order valence-electron chi connectivity index (χ4n) is 3.83. The van der Waals surface area contributed by atoms with E-state index in [1.807, 2.05) is 30.3 Å². The van der Waals surface area contributed by atoms with Crippen molar-refractivity contribution in [2.75, 3.05) is 17.7 Å². The number of hydrogen-bond donors (Lipinski definition) is 1. The van der Waals surface area contributed by atoms with E-state index in [-0.39, 0.29) is 5.91 Å². The lowest BCUT2D eigenvalue weighted by atomic mass is 9.90. The Morgan fingerprint density at radius 1 is 1.08 bits per heavy atom. The molecule has 0 unspecified atom stereocenters. The Balaban J connectivity index is 1.50. The van der Waals surface area contributed by atoms with Gasteiger partial charge in [0.2, 0.25) is 0 Å². The fourth-order valence-corrected chi connectivity index (χ4v) is 4.95. The lowest BCUT2D eigenvalue weighted by Gasteiger charge is -2.20. The van der Waals surface area contributed by atoms with Gasteiger partial charge in [-0.2, -0.15) is 0 Å². The van der Waals surface area contributed by atoms with E-state index in [1.54, 1.807) is 11.8 Å². The van der Waals surface area contributed by atoms with Gasteiger partial charge in [-0.3, -0.25) is 4.79 Å². The van der Waals surface area contributed by atoms with Crippen LogP contribution in [-0.4, -0.2) is 24.4 Å². The molecule has 1 amide bonds. The van der Waals surface area contributed by atoms with Gasteiger partial charge in [0.1, 0.15) is 0 Å². The maximum Gasteiger partial charge on any atom is 0.256 e. The molecular weight excluding hydrogens is 342 g/mol. The quantitative estimate of drug-likeness (QED) is 0.748. The fraction of sp³-hybridized carbons (Fsp3) is 0.409. The molecule has 0 spiro atoms. The molecule has 2 aromatic carbocycles. The Bertz CT molecular complexity index is 783. The zero-order valence-corrected chi connectivity index (χ0v) is 15.8. The molecule has 1 N–H and O–H groups in total. The first-order chi connectivity index (χ1) is 12.8. The number of aryl methyl sites for hydroxylation is 1. The molecule has 0 radical (unpaired) electrons. The molecular formula is C22H25NO2S. The molecule has 1 fully saturated rings. The first-order valence-corrected chi connectivity index (χ1v) is 10.6. The van der Waals surface area contributed by atoms with Crippen LogP contribution in [0.5, 0.6) is 0 Å². The molecule has 136 valence electrons. The third kappa shape index (κ3) is 3.97. The number of anilines is 1. The molecule has 26 heavy (non-hydrogen) atoms. The van der Waals surface area contributed by atoms with Crippen molar-refractivity contribution in [2.45, 2.75) is 49.5 Å². The minimum atomic E-state index is -0.0144. The lowest BCUT2D eigenvalue weighted by molar-refractivity contribution is 0.102. The van der Waals surface area contributed by atoms with Crippen LogP contribution in [0.1, 0.15) is 47.2 Å². The van der Waals surface area contributed by atoms with E-state index in [9.17, 15) is 4.79 Å². The number of benzene rings is 2. The minimum Gasteiger partial charge on any atom is -0.377 e. The predicted molar refractivity (Wildman–Crippen MR) is 107 cm³/mol. The summed E-state index contributed by atoms with van der Waals surface area (Å²) in [6.45, 7) is 0.868. The standard InChI is InChI=1S/C22H25NO2S/c24-22(23-20-12-5-8-16-7-1-2-10-18(16)20)19-11-3-4-13-21(19)26-15-17-9-6-14-25-17/h3-5,8,11-13,17H,1-2,6-7,9-10,14-15H2,(H,23,24)/t17-/m1/s1. The van der Waals surface area contributed by atoms with E-state index >= 15 is 0 Å². The van der Waals surface area contributed by atoms with E-state index in [0.29, 0.717) is 6.10 Å². The Kier molecular flexibility index (Phi) is 5.61. The second kappa shape index (κ2) is 8.28. The molecule has 3 nitrogen and oxygen atoms in total. The van der Waals surface area contributed by atoms with Gasteiger partial charge in [0.05, 0.1) is 11.7 Å². The number of thioether (sulfide) groups is 1. The highest BCUT2D eigenvalue weighted by Crippen LogP contribution is 2.30. The summed E-state index contributed by atoms with van der Waals surface area (Å²) in [6, 6.07) is 14.2. The van der Waals surface area contributed by atoms with Crippen molar-refractivity contribution in [3.8, 4) is 0 Å². The van der Waals surface area contributed by atoms with E-state index in [1.165, 1.54) is 24.0 Å². The van der Waals surface area contributed by atoms with Crippen LogP contribution in [0.4, 0.5) is 5.69 Å². The van der Waals surface area contributed by atoms with Crippen LogP contribution in [-0.2, 0) is 17.6 Å². The predicted octanol–water partition coefficient (Wildman–Crippen LogP) is 5.09. The Labute approximate surface area is 159 Å². The number of ether oxygens (including phenoxy) is 1. The van der Waals surface area contributed by atoms with Crippen molar-refractivity contribution < 1.29 is 9.53 Å². The van der Waals surface area contributed by atoms with Crippen molar-refractivity contribution in [3.63, 3.8) is 0 Å². The number of hydrogen-bond acceptors (Lipinski definition) is 3. The number of fused-ring (bicyclic) bond motifs is 1. The molecule has 2 aliphatic rings. The van der Waals surface area contributed by atoms with Gasteiger partial charge in [0.25, 0.3) is 5.91 Å². The average Bonchev–Trinajstić information content (AvgIpc) is 3.20. The van der Waals surface area contributed by atoms with E-state index in [2.05, 4.69) is 17.4 Å². The molecule has 4 rings (SSSR count). The third-order valence-electron chi connectivity index (χ3n) is 5.22. The van der Waals surface area contributed by atoms with Crippen molar-refractivity contribution in [3.05, 3.63) is 59.2 Å². The monoisotopic (exact) mass is 367 g/mol. The minimum absolute atomic E-state index is 0.0144.